The van der Waals surface area contributed by atoms with Crippen molar-refractivity contribution in [3.05, 3.63) is 29.8 Å². The summed E-state index contributed by atoms with van der Waals surface area (Å²) in [4.78, 5) is 0. The van der Waals surface area contributed by atoms with Gasteiger partial charge in [-0.3, -0.25) is 0 Å². The average Bonchev–Trinajstić information content (AvgIpc) is 2.74. The Morgan fingerprint density at radius 3 is 1.80 bits per heavy atom. The molecule has 1 aromatic rings. The smallest absolute Gasteiger partial charge is 0.452 e. The maximum Gasteiger partial charge on any atom is 0.457 e. The van der Waals surface area contributed by atoms with E-state index in [0.29, 0.717) is 0 Å². The first kappa shape index (κ1) is 23.4. The molecule has 0 radical (unpaired) electrons. The first-order valence-corrected chi connectivity index (χ1v) is 11.8. The number of hydrogen-bond donors (Lipinski definition) is 0. The van der Waals surface area contributed by atoms with Crippen molar-refractivity contribution in [2.75, 3.05) is 0 Å². The Hall–Kier alpha value is -1.26. The van der Waals surface area contributed by atoms with Crippen LogP contribution < -0.4 is 4.74 Å². The van der Waals surface area contributed by atoms with E-state index in [1.807, 2.05) is 0 Å². The molecule has 0 bridgehead atoms. The summed E-state index contributed by atoms with van der Waals surface area (Å²) in [5.41, 5.74) is 1.07. The molecule has 0 spiro atoms. The standard InChI is InChI=1S/C25H36F4O/c1-2-3-18-6-12-21(13-7-18)22-14-8-19(9-15-22)4-5-20-10-16-23(17-11-20)30-24(26)25(27,28)29/h10-11,16-19,21-22,24H,2-9,12-15H2,1H3. The number of rotatable bonds is 8. The van der Waals surface area contributed by atoms with Crippen LogP contribution in [-0.2, 0) is 6.42 Å². The van der Waals surface area contributed by atoms with Crippen molar-refractivity contribution >= 4 is 0 Å². The van der Waals surface area contributed by atoms with Crippen molar-refractivity contribution in [2.24, 2.45) is 23.7 Å². The molecule has 1 unspecified atom stereocenters. The zero-order chi connectivity index (χ0) is 21.6. The monoisotopic (exact) mass is 428 g/mol. The first-order valence-electron chi connectivity index (χ1n) is 11.8. The highest BCUT2D eigenvalue weighted by molar-refractivity contribution is 5.27. The maximum atomic E-state index is 13.0. The molecule has 3 rings (SSSR count). The van der Waals surface area contributed by atoms with E-state index in [-0.39, 0.29) is 5.75 Å². The number of aryl methyl sites for hydroxylation is 1. The zero-order valence-corrected chi connectivity index (χ0v) is 18.1. The topological polar surface area (TPSA) is 9.23 Å². The van der Waals surface area contributed by atoms with Gasteiger partial charge in [-0.25, -0.2) is 0 Å². The number of benzene rings is 1. The molecule has 2 aliphatic rings. The zero-order valence-electron chi connectivity index (χ0n) is 18.1. The summed E-state index contributed by atoms with van der Waals surface area (Å²) in [5.74, 6) is 3.50. The summed E-state index contributed by atoms with van der Waals surface area (Å²) in [7, 11) is 0. The lowest BCUT2D eigenvalue weighted by Gasteiger charge is -2.38. The van der Waals surface area contributed by atoms with E-state index < -0.39 is 12.5 Å². The second-order valence-electron chi connectivity index (χ2n) is 9.51. The van der Waals surface area contributed by atoms with Gasteiger partial charge in [-0.2, -0.15) is 17.6 Å². The Kier molecular flexibility index (Phi) is 8.47. The third-order valence-corrected chi connectivity index (χ3v) is 7.41. The molecular weight excluding hydrogens is 392 g/mol. The van der Waals surface area contributed by atoms with Crippen LogP contribution in [0.2, 0.25) is 0 Å². The third kappa shape index (κ3) is 6.88. The molecular formula is C25H36F4O. The summed E-state index contributed by atoms with van der Waals surface area (Å²) in [5, 5.41) is 0. The largest absolute Gasteiger partial charge is 0.457 e. The minimum atomic E-state index is -4.99. The van der Waals surface area contributed by atoms with E-state index in [2.05, 4.69) is 11.7 Å². The lowest BCUT2D eigenvalue weighted by atomic mass is 9.68. The fraction of sp³-hybridized carbons (Fsp3) is 0.760. The Morgan fingerprint density at radius 1 is 0.833 bits per heavy atom. The summed E-state index contributed by atoms with van der Waals surface area (Å²) >= 11 is 0. The van der Waals surface area contributed by atoms with E-state index in [1.165, 1.54) is 76.3 Å². The highest BCUT2D eigenvalue weighted by Gasteiger charge is 2.42. The van der Waals surface area contributed by atoms with Crippen LogP contribution in [0.4, 0.5) is 17.6 Å². The molecule has 2 fully saturated rings. The molecule has 2 aliphatic carbocycles. The van der Waals surface area contributed by atoms with Crippen molar-refractivity contribution in [3.63, 3.8) is 0 Å². The first-order chi connectivity index (χ1) is 14.3. The minimum absolute atomic E-state index is 0.0854. The van der Waals surface area contributed by atoms with Gasteiger partial charge in [0, 0.05) is 0 Å². The number of hydrogen-bond acceptors (Lipinski definition) is 1. The number of halogens is 4. The Morgan fingerprint density at radius 2 is 1.33 bits per heavy atom. The van der Waals surface area contributed by atoms with Gasteiger partial charge in [0.25, 0.3) is 0 Å². The second-order valence-corrected chi connectivity index (χ2v) is 9.51. The van der Waals surface area contributed by atoms with E-state index in [1.54, 1.807) is 12.1 Å². The Balaban J connectivity index is 1.36. The molecule has 1 nitrogen and oxygen atoms in total. The van der Waals surface area contributed by atoms with Crippen LogP contribution >= 0.6 is 0 Å². The number of alkyl halides is 4. The quantitative estimate of drug-likeness (QED) is 0.379. The molecule has 0 aliphatic heterocycles. The molecule has 0 aromatic heterocycles. The van der Waals surface area contributed by atoms with Crippen LogP contribution in [0.15, 0.2) is 24.3 Å². The van der Waals surface area contributed by atoms with Crippen LogP contribution in [0.1, 0.15) is 83.1 Å². The van der Waals surface area contributed by atoms with Gasteiger partial charge < -0.3 is 4.74 Å². The normalized spacial score (nSPS) is 28.8. The molecule has 0 heterocycles. The van der Waals surface area contributed by atoms with Crippen molar-refractivity contribution in [1.29, 1.82) is 0 Å². The summed E-state index contributed by atoms with van der Waals surface area (Å²) in [6.07, 6.45) is 7.54. The van der Waals surface area contributed by atoms with Crippen LogP contribution in [0.25, 0.3) is 0 Å². The molecule has 0 saturated heterocycles. The highest BCUT2D eigenvalue weighted by atomic mass is 19.4. The van der Waals surface area contributed by atoms with Crippen LogP contribution in [0.3, 0.4) is 0 Å². The third-order valence-electron chi connectivity index (χ3n) is 7.41. The fourth-order valence-electron chi connectivity index (χ4n) is 5.60. The predicted molar refractivity (Wildman–Crippen MR) is 112 cm³/mol. The molecule has 0 N–H and O–H groups in total. The molecule has 1 aromatic carbocycles. The van der Waals surface area contributed by atoms with Crippen LogP contribution in [-0.4, -0.2) is 12.5 Å². The highest BCUT2D eigenvalue weighted by Crippen LogP contribution is 2.43. The van der Waals surface area contributed by atoms with Crippen molar-refractivity contribution in [2.45, 2.75) is 96.5 Å². The lowest BCUT2D eigenvalue weighted by Crippen LogP contribution is -2.29. The minimum Gasteiger partial charge on any atom is -0.452 e. The SMILES string of the molecule is CCCC1CCC(C2CCC(CCc3ccc(OC(F)C(F)(F)F)cc3)CC2)CC1. The summed E-state index contributed by atoms with van der Waals surface area (Å²) in [6, 6.07) is 6.36. The molecule has 0 amide bonds. The van der Waals surface area contributed by atoms with Gasteiger partial charge in [-0.1, -0.05) is 57.6 Å². The molecule has 5 heteroatoms. The van der Waals surface area contributed by atoms with Gasteiger partial charge >= 0.3 is 12.5 Å². The Bertz CT molecular complexity index is 611. The Labute approximate surface area is 178 Å². The summed E-state index contributed by atoms with van der Waals surface area (Å²) < 4.78 is 54.0. The van der Waals surface area contributed by atoms with Crippen molar-refractivity contribution in [1.82, 2.24) is 0 Å². The summed E-state index contributed by atoms with van der Waals surface area (Å²) in [6.45, 7) is 2.29. The maximum absolute atomic E-state index is 13.0. The van der Waals surface area contributed by atoms with Crippen LogP contribution in [0, 0.1) is 23.7 Å². The van der Waals surface area contributed by atoms with Gasteiger partial charge in [-0.05, 0) is 79.9 Å². The molecule has 170 valence electrons. The molecule has 1 atom stereocenters. The van der Waals surface area contributed by atoms with Gasteiger partial charge in [0.1, 0.15) is 5.75 Å². The van der Waals surface area contributed by atoms with Crippen molar-refractivity contribution < 1.29 is 22.3 Å². The average molecular weight is 429 g/mol. The fourth-order valence-corrected chi connectivity index (χ4v) is 5.60. The van der Waals surface area contributed by atoms with E-state index >= 15 is 0 Å². The second kappa shape index (κ2) is 10.9. The lowest BCUT2D eigenvalue weighted by molar-refractivity contribution is -0.236. The molecule has 30 heavy (non-hydrogen) atoms. The predicted octanol–water partition coefficient (Wildman–Crippen LogP) is 8.27. The van der Waals surface area contributed by atoms with Crippen LogP contribution in [0.5, 0.6) is 5.75 Å². The van der Waals surface area contributed by atoms with Gasteiger partial charge in [0.15, 0.2) is 0 Å². The van der Waals surface area contributed by atoms with Gasteiger partial charge in [-0.15, -0.1) is 0 Å². The van der Waals surface area contributed by atoms with E-state index in [0.717, 1.165) is 42.1 Å². The molecule has 2 saturated carbocycles. The van der Waals surface area contributed by atoms with E-state index in [9.17, 15) is 17.6 Å². The van der Waals surface area contributed by atoms with Gasteiger partial charge in [0.2, 0.25) is 0 Å². The van der Waals surface area contributed by atoms with Crippen molar-refractivity contribution in [3.8, 4) is 5.75 Å². The number of ether oxygens (including phenoxy) is 1. The van der Waals surface area contributed by atoms with E-state index in [4.69, 9.17) is 0 Å². The van der Waals surface area contributed by atoms with Gasteiger partial charge in [0.05, 0.1) is 0 Å².